The van der Waals surface area contributed by atoms with Gasteiger partial charge >= 0.3 is 0 Å². The SMILES string of the molecule is Cc1cc(C)c(CN2CCc3c(C#N)c4c(c(C)c3C2=O)OC(C)(C2CCC(N(C)C)CC2)C4)c(=O)[nH]1. The molecule has 1 saturated carbocycles. The molecule has 3 aliphatic rings. The van der Waals surface area contributed by atoms with Crippen LogP contribution in [0.4, 0.5) is 0 Å². The molecule has 1 aliphatic carbocycles. The zero-order valence-corrected chi connectivity index (χ0v) is 23.0. The summed E-state index contributed by atoms with van der Waals surface area (Å²) in [4.78, 5) is 33.4. The van der Waals surface area contributed by atoms with Gasteiger partial charge in [-0.15, -0.1) is 0 Å². The number of nitriles is 1. The van der Waals surface area contributed by atoms with E-state index < -0.39 is 0 Å². The molecule has 0 spiro atoms. The Morgan fingerprint density at radius 1 is 1.16 bits per heavy atom. The van der Waals surface area contributed by atoms with Gasteiger partial charge in [0.2, 0.25) is 0 Å². The van der Waals surface area contributed by atoms with Crippen LogP contribution in [0, 0.1) is 38.0 Å². The molecular weight excluding hydrogens is 464 g/mol. The molecule has 1 fully saturated rings. The van der Waals surface area contributed by atoms with Gasteiger partial charge in [0.25, 0.3) is 11.5 Å². The number of nitrogens with one attached hydrogen (secondary N) is 1. The predicted octanol–water partition coefficient (Wildman–Crippen LogP) is 4.18. The van der Waals surface area contributed by atoms with Crippen LogP contribution < -0.4 is 10.3 Å². The minimum atomic E-state index is -0.366. The number of ether oxygens (including phenoxy) is 1. The Kier molecular flexibility index (Phi) is 6.44. The van der Waals surface area contributed by atoms with E-state index in [-0.39, 0.29) is 23.6 Å². The third-order valence-corrected chi connectivity index (χ3v) is 9.14. The second kappa shape index (κ2) is 9.33. The molecule has 2 aromatic rings. The number of hydrogen-bond acceptors (Lipinski definition) is 5. The Morgan fingerprint density at radius 2 is 1.86 bits per heavy atom. The standard InChI is InChI=1S/C30H38N4O3/c1-17-13-18(2)32-28(35)25(17)16-34-12-11-22-24(15-31)23-14-30(4,20-7-9-21(10-8-20)33(5)6)37-27(23)19(3)26(22)29(34)36/h13,20-21H,7-12,14,16H2,1-6H3,(H,32,35). The van der Waals surface area contributed by atoms with Crippen LogP contribution in [0.5, 0.6) is 5.75 Å². The summed E-state index contributed by atoms with van der Waals surface area (Å²) in [6, 6.07) is 4.99. The number of benzene rings is 1. The molecule has 1 amide bonds. The summed E-state index contributed by atoms with van der Waals surface area (Å²) in [5, 5.41) is 10.2. The van der Waals surface area contributed by atoms with Crippen molar-refractivity contribution in [1.82, 2.24) is 14.8 Å². The van der Waals surface area contributed by atoms with Gasteiger partial charge in [0, 0.05) is 41.4 Å². The van der Waals surface area contributed by atoms with Gasteiger partial charge in [0.05, 0.1) is 23.7 Å². The van der Waals surface area contributed by atoms with E-state index in [1.165, 1.54) is 0 Å². The van der Waals surface area contributed by atoms with Gasteiger partial charge in [0.15, 0.2) is 0 Å². The van der Waals surface area contributed by atoms with E-state index in [0.717, 1.165) is 59.4 Å². The van der Waals surface area contributed by atoms with Crippen molar-refractivity contribution in [2.75, 3.05) is 20.6 Å². The van der Waals surface area contributed by atoms with Crippen LogP contribution in [-0.2, 0) is 19.4 Å². The van der Waals surface area contributed by atoms with E-state index in [2.05, 4.69) is 37.0 Å². The number of hydrogen-bond donors (Lipinski definition) is 1. The van der Waals surface area contributed by atoms with Crippen molar-refractivity contribution in [2.45, 2.75) is 84.4 Å². The maximum Gasteiger partial charge on any atom is 0.254 e. The van der Waals surface area contributed by atoms with Crippen LogP contribution in [0.1, 0.15) is 82.0 Å². The lowest BCUT2D eigenvalue weighted by atomic mass is 9.73. The Labute approximate surface area is 219 Å². The maximum absolute atomic E-state index is 13.8. The van der Waals surface area contributed by atoms with Gasteiger partial charge in [-0.05, 0) is 97.0 Å². The van der Waals surface area contributed by atoms with Crippen LogP contribution in [0.2, 0.25) is 0 Å². The number of pyridine rings is 1. The van der Waals surface area contributed by atoms with Gasteiger partial charge in [0.1, 0.15) is 11.4 Å². The number of aryl methyl sites for hydroxylation is 2. The summed E-state index contributed by atoms with van der Waals surface area (Å²) in [5.74, 6) is 1.02. The zero-order valence-electron chi connectivity index (χ0n) is 23.0. The van der Waals surface area contributed by atoms with Crippen LogP contribution in [0.3, 0.4) is 0 Å². The van der Waals surface area contributed by atoms with Crippen LogP contribution >= 0.6 is 0 Å². The van der Waals surface area contributed by atoms with Crippen molar-refractivity contribution in [2.24, 2.45) is 5.92 Å². The lowest BCUT2D eigenvalue weighted by molar-refractivity contribution is 0.0157. The Hall–Kier alpha value is -3.11. The summed E-state index contributed by atoms with van der Waals surface area (Å²) >= 11 is 0. The van der Waals surface area contributed by atoms with Gasteiger partial charge in [-0.25, -0.2) is 0 Å². The number of aromatic nitrogens is 1. The highest BCUT2D eigenvalue weighted by atomic mass is 16.5. The molecule has 7 heteroatoms. The lowest BCUT2D eigenvalue weighted by Crippen LogP contribution is -2.44. The number of nitrogens with zero attached hydrogens (tertiary/aromatic N) is 3. The second-order valence-electron chi connectivity index (χ2n) is 11.8. The molecule has 37 heavy (non-hydrogen) atoms. The fourth-order valence-corrected chi connectivity index (χ4v) is 6.95. The van der Waals surface area contributed by atoms with Crippen molar-refractivity contribution >= 4 is 5.91 Å². The Bertz CT molecular complexity index is 1360. The number of H-pyrrole nitrogens is 1. The molecule has 3 heterocycles. The van der Waals surface area contributed by atoms with Crippen molar-refractivity contribution in [3.63, 3.8) is 0 Å². The molecule has 7 nitrogen and oxygen atoms in total. The molecule has 1 aromatic carbocycles. The average molecular weight is 503 g/mol. The van der Waals surface area contributed by atoms with E-state index in [9.17, 15) is 14.9 Å². The fourth-order valence-electron chi connectivity index (χ4n) is 6.95. The number of carbonyl (C=O) groups is 1. The van der Waals surface area contributed by atoms with Gasteiger partial charge in [-0.1, -0.05) is 0 Å². The summed E-state index contributed by atoms with van der Waals surface area (Å²) < 4.78 is 6.73. The van der Waals surface area contributed by atoms with E-state index in [0.29, 0.717) is 48.0 Å². The second-order valence-corrected chi connectivity index (χ2v) is 11.8. The number of amides is 1. The van der Waals surface area contributed by atoms with Crippen molar-refractivity contribution in [1.29, 1.82) is 5.26 Å². The predicted molar refractivity (Wildman–Crippen MR) is 143 cm³/mol. The molecule has 2 aliphatic heterocycles. The highest BCUT2D eigenvalue weighted by Gasteiger charge is 2.47. The molecule has 0 radical (unpaired) electrons. The van der Waals surface area contributed by atoms with Crippen molar-refractivity contribution in [3.05, 3.63) is 61.1 Å². The molecule has 1 N–H and O–H groups in total. The van der Waals surface area contributed by atoms with E-state index in [1.807, 2.05) is 26.8 Å². The summed E-state index contributed by atoms with van der Waals surface area (Å²) in [5.41, 5.74) is 5.65. The first-order chi connectivity index (χ1) is 17.5. The van der Waals surface area contributed by atoms with Crippen LogP contribution in [0.25, 0.3) is 0 Å². The normalized spacial score (nSPS) is 25.0. The molecule has 5 rings (SSSR count). The summed E-state index contributed by atoms with van der Waals surface area (Å²) in [7, 11) is 4.30. The molecule has 1 unspecified atom stereocenters. The fraction of sp³-hybridized carbons (Fsp3) is 0.567. The molecule has 0 bridgehead atoms. The highest BCUT2D eigenvalue weighted by Crippen LogP contribution is 2.49. The summed E-state index contributed by atoms with van der Waals surface area (Å²) in [6.07, 6.45) is 5.82. The third kappa shape index (κ3) is 4.25. The maximum atomic E-state index is 13.8. The highest BCUT2D eigenvalue weighted by molar-refractivity contribution is 6.00. The van der Waals surface area contributed by atoms with Gasteiger partial charge in [-0.2, -0.15) is 5.26 Å². The van der Waals surface area contributed by atoms with Crippen molar-refractivity contribution < 1.29 is 9.53 Å². The van der Waals surface area contributed by atoms with Crippen LogP contribution in [0.15, 0.2) is 10.9 Å². The topological polar surface area (TPSA) is 89.4 Å². The van der Waals surface area contributed by atoms with Gasteiger partial charge < -0.3 is 19.5 Å². The molecule has 196 valence electrons. The van der Waals surface area contributed by atoms with Crippen LogP contribution in [-0.4, -0.2) is 53.0 Å². The number of carbonyl (C=O) groups excluding carboxylic acids is 1. The number of rotatable bonds is 4. The summed E-state index contributed by atoms with van der Waals surface area (Å²) in [6.45, 7) is 8.65. The third-order valence-electron chi connectivity index (χ3n) is 9.14. The minimum absolute atomic E-state index is 0.124. The molecular formula is C30H38N4O3. The largest absolute Gasteiger partial charge is 0.486 e. The quantitative estimate of drug-likeness (QED) is 0.677. The first-order valence-electron chi connectivity index (χ1n) is 13.5. The lowest BCUT2D eigenvalue weighted by Gasteiger charge is -2.40. The van der Waals surface area contributed by atoms with E-state index in [4.69, 9.17) is 4.74 Å². The molecule has 0 saturated heterocycles. The molecule has 1 aromatic heterocycles. The zero-order chi connectivity index (χ0) is 26.6. The van der Waals surface area contributed by atoms with E-state index >= 15 is 0 Å². The minimum Gasteiger partial charge on any atom is -0.486 e. The first kappa shape index (κ1) is 25.5. The monoisotopic (exact) mass is 502 g/mol. The number of aromatic amines is 1. The smallest absolute Gasteiger partial charge is 0.254 e. The molecule has 1 atom stereocenters. The Morgan fingerprint density at radius 3 is 2.49 bits per heavy atom. The van der Waals surface area contributed by atoms with E-state index in [1.54, 1.807) is 4.90 Å². The Balaban J connectivity index is 1.46. The van der Waals surface area contributed by atoms with Gasteiger partial charge in [-0.3, -0.25) is 9.59 Å². The average Bonchev–Trinajstić information content (AvgIpc) is 3.21. The first-order valence-corrected chi connectivity index (χ1v) is 13.5. The number of fused-ring (bicyclic) bond motifs is 2. The van der Waals surface area contributed by atoms with Crippen molar-refractivity contribution in [3.8, 4) is 11.8 Å².